The number of furan rings is 1. The quantitative estimate of drug-likeness (QED) is 0.535. The summed E-state index contributed by atoms with van der Waals surface area (Å²) in [5.74, 6) is 3.69. The van der Waals surface area contributed by atoms with Crippen LogP contribution in [0.25, 0.3) is 0 Å². The number of aryl methyl sites for hydroxylation is 3. The molecule has 0 bridgehead atoms. The van der Waals surface area contributed by atoms with Crippen LogP contribution >= 0.6 is 0 Å². The summed E-state index contributed by atoms with van der Waals surface area (Å²) in [5, 5.41) is 11.1. The van der Waals surface area contributed by atoms with Gasteiger partial charge in [-0.25, -0.2) is 0 Å². The molecule has 0 radical (unpaired) electrons. The molecule has 1 fully saturated rings. The van der Waals surface area contributed by atoms with E-state index in [1.807, 2.05) is 13.0 Å². The molecular formula is C21H33N5O2. The van der Waals surface area contributed by atoms with E-state index in [0.717, 1.165) is 67.0 Å². The van der Waals surface area contributed by atoms with Crippen molar-refractivity contribution in [1.29, 1.82) is 0 Å². The number of rotatable bonds is 8. The first kappa shape index (κ1) is 20.5. The van der Waals surface area contributed by atoms with Gasteiger partial charge in [-0.1, -0.05) is 19.0 Å². The van der Waals surface area contributed by atoms with E-state index in [-0.39, 0.29) is 6.04 Å². The minimum absolute atomic E-state index is 0.211. The van der Waals surface area contributed by atoms with E-state index in [4.69, 9.17) is 8.94 Å². The van der Waals surface area contributed by atoms with Gasteiger partial charge in [0.2, 0.25) is 0 Å². The first-order valence-corrected chi connectivity index (χ1v) is 10.4. The van der Waals surface area contributed by atoms with Crippen LogP contribution in [0.2, 0.25) is 0 Å². The van der Waals surface area contributed by atoms with Gasteiger partial charge in [-0.05, 0) is 51.4 Å². The van der Waals surface area contributed by atoms with Crippen LogP contribution in [0.1, 0.15) is 61.3 Å². The maximum absolute atomic E-state index is 5.94. The molecule has 1 atom stereocenters. The standard InChI is InChI=1S/C21H33N5O2/c1-5-17-16(19(6-2)28-25-17)13-23-21(22-4)24-14-18(26-11-7-8-12-26)20-10-9-15(3)27-20/h9-10,18H,5-8,11-14H2,1-4H3,(H2,22,23,24). The minimum atomic E-state index is 0.211. The molecule has 2 aromatic heterocycles. The van der Waals surface area contributed by atoms with Crippen LogP contribution in [-0.2, 0) is 19.4 Å². The number of aliphatic imine (C=N–C) groups is 1. The van der Waals surface area contributed by atoms with Gasteiger partial charge >= 0.3 is 0 Å². The summed E-state index contributed by atoms with van der Waals surface area (Å²) in [5.41, 5.74) is 2.16. The highest BCUT2D eigenvalue weighted by atomic mass is 16.5. The second-order valence-electron chi connectivity index (χ2n) is 7.25. The van der Waals surface area contributed by atoms with Crippen molar-refractivity contribution >= 4 is 5.96 Å². The Balaban J connectivity index is 1.62. The Labute approximate surface area is 167 Å². The lowest BCUT2D eigenvalue weighted by molar-refractivity contribution is 0.213. The summed E-state index contributed by atoms with van der Waals surface area (Å²) in [4.78, 5) is 6.88. The van der Waals surface area contributed by atoms with Crippen molar-refractivity contribution in [2.24, 2.45) is 4.99 Å². The fraction of sp³-hybridized carbons (Fsp3) is 0.619. The number of nitrogens with one attached hydrogen (secondary N) is 2. The molecule has 0 saturated carbocycles. The molecule has 3 heterocycles. The van der Waals surface area contributed by atoms with Gasteiger partial charge in [0.05, 0.1) is 11.7 Å². The topological polar surface area (TPSA) is 78.8 Å². The molecular weight excluding hydrogens is 354 g/mol. The first-order chi connectivity index (χ1) is 13.7. The van der Waals surface area contributed by atoms with Crippen LogP contribution < -0.4 is 10.6 Å². The van der Waals surface area contributed by atoms with E-state index in [2.05, 4.69) is 45.6 Å². The second-order valence-corrected chi connectivity index (χ2v) is 7.25. The Morgan fingerprint density at radius 3 is 2.61 bits per heavy atom. The molecule has 28 heavy (non-hydrogen) atoms. The summed E-state index contributed by atoms with van der Waals surface area (Å²) in [6.07, 6.45) is 4.19. The fourth-order valence-electron chi connectivity index (χ4n) is 3.82. The SMILES string of the molecule is CCc1noc(CC)c1CNC(=NC)NCC(c1ccc(C)o1)N1CCCC1. The molecule has 0 aliphatic carbocycles. The maximum Gasteiger partial charge on any atom is 0.191 e. The summed E-state index contributed by atoms with van der Waals surface area (Å²) < 4.78 is 11.4. The Bertz CT molecular complexity index is 752. The van der Waals surface area contributed by atoms with Crippen LogP contribution in [0, 0.1) is 6.92 Å². The summed E-state index contributed by atoms with van der Waals surface area (Å²) in [6, 6.07) is 4.34. The van der Waals surface area contributed by atoms with E-state index in [1.54, 1.807) is 7.05 Å². The predicted octanol–water partition coefficient (Wildman–Crippen LogP) is 3.20. The molecule has 2 N–H and O–H groups in total. The largest absolute Gasteiger partial charge is 0.465 e. The average molecular weight is 388 g/mol. The molecule has 3 rings (SSSR count). The average Bonchev–Trinajstić information content (AvgIpc) is 3.45. The predicted molar refractivity (Wildman–Crippen MR) is 110 cm³/mol. The van der Waals surface area contributed by atoms with Gasteiger partial charge in [-0.15, -0.1) is 0 Å². The summed E-state index contributed by atoms with van der Waals surface area (Å²) in [6.45, 7) is 9.80. The molecule has 1 unspecified atom stereocenters. The van der Waals surface area contributed by atoms with Gasteiger partial charge in [0.1, 0.15) is 17.3 Å². The first-order valence-electron chi connectivity index (χ1n) is 10.4. The van der Waals surface area contributed by atoms with Crippen LogP contribution in [0.4, 0.5) is 0 Å². The zero-order valence-corrected chi connectivity index (χ0v) is 17.5. The molecule has 154 valence electrons. The lowest BCUT2D eigenvalue weighted by Crippen LogP contribution is -2.42. The lowest BCUT2D eigenvalue weighted by atomic mass is 10.1. The molecule has 1 saturated heterocycles. The molecule has 0 amide bonds. The number of aromatic nitrogens is 1. The van der Waals surface area contributed by atoms with Crippen LogP contribution in [0.5, 0.6) is 0 Å². The highest BCUT2D eigenvalue weighted by Crippen LogP contribution is 2.26. The van der Waals surface area contributed by atoms with Gasteiger partial charge in [0, 0.05) is 32.1 Å². The Kier molecular flexibility index (Phi) is 7.14. The van der Waals surface area contributed by atoms with Crippen molar-refractivity contribution in [3.05, 3.63) is 40.7 Å². The summed E-state index contributed by atoms with van der Waals surface area (Å²) >= 11 is 0. The number of nitrogens with zero attached hydrogens (tertiary/aromatic N) is 3. The van der Waals surface area contributed by atoms with Gasteiger partial charge in [0.15, 0.2) is 5.96 Å². The van der Waals surface area contributed by atoms with E-state index < -0.39 is 0 Å². The van der Waals surface area contributed by atoms with Crippen LogP contribution in [0.3, 0.4) is 0 Å². The van der Waals surface area contributed by atoms with Crippen molar-refractivity contribution < 1.29 is 8.94 Å². The fourth-order valence-corrected chi connectivity index (χ4v) is 3.82. The molecule has 1 aliphatic heterocycles. The van der Waals surface area contributed by atoms with E-state index >= 15 is 0 Å². The van der Waals surface area contributed by atoms with Crippen molar-refractivity contribution in [2.45, 2.75) is 59.0 Å². The monoisotopic (exact) mass is 387 g/mol. The normalized spacial score (nSPS) is 16.5. The summed E-state index contributed by atoms with van der Waals surface area (Å²) in [7, 11) is 1.80. The number of hydrogen-bond acceptors (Lipinski definition) is 5. The van der Waals surface area contributed by atoms with Gasteiger partial charge < -0.3 is 19.6 Å². The lowest BCUT2D eigenvalue weighted by Gasteiger charge is -2.26. The zero-order chi connectivity index (χ0) is 19.9. The van der Waals surface area contributed by atoms with Gasteiger partial charge in [-0.2, -0.15) is 0 Å². The third-order valence-corrected chi connectivity index (χ3v) is 5.40. The highest BCUT2D eigenvalue weighted by Gasteiger charge is 2.26. The third-order valence-electron chi connectivity index (χ3n) is 5.40. The Morgan fingerprint density at radius 1 is 1.21 bits per heavy atom. The van der Waals surface area contributed by atoms with Crippen molar-refractivity contribution in [3.8, 4) is 0 Å². The molecule has 7 nitrogen and oxygen atoms in total. The van der Waals surface area contributed by atoms with E-state index in [0.29, 0.717) is 6.54 Å². The maximum atomic E-state index is 5.94. The number of guanidine groups is 1. The molecule has 7 heteroatoms. The second kappa shape index (κ2) is 9.78. The Hall–Kier alpha value is -2.28. The number of likely N-dealkylation sites (tertiary alicyclic amines) is 1. The van der Waals surface area contributed by atoms with Crippen molar-refractivity contribution in [2.75, 3.05) is 26.7 Å². The highest BCUT2D eigenvalue weighted by molar-refractivity contribution is 5.79. The Morgan fingerprint density at radius 2 is 2.00 bits per heavy atom. The van der Waals surface area contributed by atoms with E-state index in [1.165, 1.54) is 12.8 Å². The van der Waals surface area contributed by atoms with E-state index in [9.17, 15) is 0 Å². The number of hydrogen-bond donors (Lipinski definition) is 2. The minimum Gasteiger partial charge on any atom is -0.465 e. The smallest absolute Gasteiger partial charge is 0.191 e. The molecule has 2 aromatic rings. The van der Waals surface area contributed by atoms with Gasteiger partial charge in [-0.3, -0.25) is 9.89 Å². The molecule has 0 aromatic carbocycles. The van der Waals surface area contributed by atoms with Crippen molar-refractivity contribution in [3.63, 3.8) is 0 Å². The van der Waals surface area contributed by atoms with Crippen molar-refractivity contribution in [1.82, 2.24) is 20.7 Å². The van der Waals surface area contributed by atoms with Gasteiger partial charge in [0.25, 0.3) is 0 Å². The zero-order valence-electron chi connectivity index (χ0n) is 17.5. The molecule has 1 aliphatic rings. The van der Waals surface area contributed by atoms with Crippen LogP contribution in [0.15, 0.2) is 26.1 Å². The van der Waals surface area contributed by atoms with Crippen LogP contribution in [-0.4, -0.2) is 42.7 Å². The third kappa shape index (κ3) is 4.76. The molecule has 0 spiro atoms.